The number of hydrogen-bond acceptors (Lipinski definition) is 8. The van der Waals surface area contributed by atoms with Crippen LogP contribution in [0.15, 0.2) is 71.7 Å². The van der Waals surface area contributed by atoms with E-state index in [0.717, 1.165) is 12.1 Å². The maximum absolute atomic E-state index is 14.0. The zero-order valence-electron chi connectivity index (χ0n) is 24.2. The van der Waals surface area contributed by atoms with Crippen molar-refractivity contribution in [2.45, 2.75) is 31.8 Å². The number of nitrogens with one attached hydrogen (secondary N) is 3. The molecule has 0 fully saturated rings. The molecule has 14 heteroatoms. The first kappa shape index (κ1) is 32.0. The lowest BCUT2D eigenvalue weighted by molar-refractivity contribution is -0.129. The molecule has 4 rings (SSSR count). The number of ether oxygens (including phenoxy) is 2. The van der Waals surface area contributed by atoms with Gasteiger partial charge in [0, 0.05) is 39.5 Å². The number of carbonyl (C=O) groups is 2. The van der Waals surface area contributed by atoms with Crippen molar-refractivity contribution in [1.29, 1.82) is 0 Å². The van der Waals surface area contributed by atoms with E-state index >= 15 is 0 Å². The van der Waals surface area contributed by atoms with Gasteiger partial charge in [0.2, 0.25) is 18.2 Å². The molecule has 0 bridgehead atoms. The van der Waals surface area contributed by atoms with E-state index in [2.05, 4.69) is 20.6 Å². The second-order valence-electron chi connectivity index (χ2n) is 9.90. The van der Waals surface area contributed by atoms with Gasteiger partial charge in [-0.2, -0.15) is 0 Å². The molecule has 44 heavy (non-hydrogen) atoms. The average Bonchev–Trinajstić information content (AvgIpc) is 3.39. The summed E-state index contributed by atoms with van der Waals surface area (Å²) in [5, 5.41) is 15.1. The monoisotopic (exact) mass is 610 g/mol. The molecule has 4 aromatic rings. The Balaban J connectivity index is 1.46. The Kier molecular flexibility index (Phi) is 10.6. The largest absolute Gasteiger partial charge is 0.454 e. The van der Waals surface area contributed by atoms with Gasteiger partial charge >= 0.3 is 0 Å². The fourth-order valence-electron chi connectivity index (χ4n) is 4.13. The standard InChI is InChI=1S/C30H32F2N6O6/c1-37(2)27(39)9-5-4-7-22(36-30(42)43-3)28(40)35-23-8-6-14-38(29(23)41)17-26-33-21-12-11-19(16-24(21)34-26)44-25-13-10-18(31)15-20(25)32/h5-6,8-16,22,30,36,42H,4,7,17H2,1-3H3,(H,33,34)(H,35,40)/b9-5+/t22-,30?/m0/s1. The number of halogens is 2. The minimum atomic E-state index is -1.43. The van der Waals surface area contributed by atoms with Gasteiger partial charge in [-0.15, -0.1) is 0 Å². The number of aromatic amines is 1. The van der Waals surface area contributed by atoms with Gasteiger partial charge in [0.1, 0.15) is 23.1 Å². The van der Waals surface area contributed by atoms with Crippen molar-refractivity contribution in [2.24, 2.45) is 0 Å². The van der Waals surface area contributed by atoms with Gasteiger partial charge in [0.15, 0.2) is 11.6 Å². The number of pyridine rings is 1. The molecule has 1 unspecified atom stereocenters. The first-order valence-electron chi connectivity index (χ1n) is 13.5. The number of carbonyl (C=O) groups excluding carboxylic acids is 2. The van der Waals surface area contributed by atoms with Crippen molar-refractivity contribution >= 4 is 28.5 Å². The summed E-state index contributed by atoms with van der Waals surface area (Å²) >= 11 is 0. The molecule has 4 N–H and O–H groups in total. The maximum Gasteiger partial charge on any atom is 0.274 e. The van der Waals surface area contributed by atoms with E-state index in [1.807, 2.05) is 0 Å². The maximum atomic E-state index is 14.0. The lowest BCUT2D eigenvalue weighted by atomic mass is 10.1. The lowest BCUT2D eigenvalue weighted by Crippen LogP contribution is -2.47. The Labute approximate surface area is 250 Å². The summed E-state index contributed by atoms with van der Waals surface area (Å²) in [6.07, 6.45) is 3.63. The van der Waals surface area contributed by atoms with Crippen LogP contribution >= 0.6 is 0 Å². The summed E-state index contributed by atoms with van der Waals surface area (Å²) in [5.41, 5.74) is 0.628. The Bertz CT molecular complexity index is 1720. The van der Waals surface area contributed by atoms with Crippen LogP contribution in [0.1, 0.15) is 18.7 Å². The second kappa shape index (κ2) is 14.5. The highest BCUT2D eigenvalue weighted by atomic mass is 19.1. The van der Waals surface area contributed by atoms with E-state index in [4.69, 9.17) is 9.47 Å². The molecule has 0 radical (unpaired) electrons. The van der Waals surface area contributed by atoms with E-state index in [1.54, 1.807) is 44.4 Å². The topological polar surface area (TPSA) is 151 Å². The Morgan fingerprint density at radius 1 is 1.18 bits per heavy atom. The van der Waals surface area contributed by atoms with Crippen molar-refractivity contribution in [2.75, 3.05) is 26.5 Å². The third-order valence-electron chi connectivity index (χ3n) is 6.43. The number of aromatic nitrogens is 3. The molecule has 0 spiro atoms. The number of hydrogen-bond donors (Lipinski definition) is 4. The van der Waals surface area contributed by atoms with Crippen molar-refractivity contribution in [1.82, 2.24) is 24.8 Å². The number of methoxy groups -OCH3 is 1. The predicted molar refractivity (Wildman–Crippen MR) is 158 cm³/mol. The fourth-order valence-corrected chi connectivity index (χ4v) is 4.13. The van der Waals surface area contributed by atoms with Crippen molar-refractivity contribution < 1.29 is 33.0 Å². The summed E-state index contributed by atoms with van der Waals surface area (Å²) < 4.78 is 38.9. The number of anilines is 1. The van der Waals surface area contributed by atoms with Crippen LogP contribution in [0.5, 0.6) is 11.5 Å². The number of aliphatic hydroxyl groups excluding tert-OH is 1. The van der Waals surface area contributed by atoms with E-state index in [1.165, 1.54) is 41.0 Å². The Hall–Kier alpha value is -4.92. The molecule has 2 atom stereocenters. The molecule has 2 aromatic carbocycles. The molecule has 0 aliphatic carbocycles. The number of likely N-dealkylation sites (N-methyl/N-ethyl adjacent to an activating group) is 1. The Morgan fingerprint density at radius 3 is 2.70 bits per heavy atom. The molecular formula is C30H32F2N6O6. The first-order chi connectivity index (χ1) is 21.0. The zero-order chi connectivity index (χ0) is 31.8. The molecule has 0 aliphatic heterocycles. The average molecular weight is 611 g/mol. The van der Waals surface area contributed by atoms with Gasteiger partial charge in [-0.05, 0) is 55.3 Å². The first-order valence-corrected chi connectivity index (χ1v) is 13.5. The summed E-state index contributed by atoms with van der Waals surface area (Å²) in [6.45, 7) is 0.0365. The molecule has 12 nitrogen and oxygen atoms in total. The third-order valence-corrected chi connectivity index (χ3v) is 6.43. The molecule has 2 amide bonds. The molecule has 2 heterocycles. The molecule has 0 saturated carbocycles. The Morgan fingerprint density at radius 2 is 1.98 bits per heavy atom. The number of benzene rings is 2. The summed E-state index contributed by atoms with van der Waals surface area (Å²) in [5.74, 6) is -1.77. The number of amides is 2. The molecule has 232 valence electrons. The van der Waals surface area contributed by atoms with Gasteiger partial charge < -0.3 is 34.3 Å². The van der Waals surface area contributed by atoms with Gasteiger partial charge in [-0.1, -0.05) is 6.08 Å². The van der Waals surface area contributed by atoms with Crippen LogP contribution in [0.3, 0.4) is 0 Å². The van der Waals surface area contributed by atoms with Crippen molar-refractivity contribution in [3.8, 4) is 11.5 Å². The van der Waals surface area contributed by atoms with E-state index in [0.29, 0.717) is 29.0 Å². The minimum Gasteiger partial charge on any atom is -0.454 e. The molecule has 0 aliphatic rings. The number of H-pyrrole nitrogens is 1. The number of nitrogens with zero attached hydrogens (tertiary/aromatic N) is 3. The fraction of sp³-hybridized carbons (Fsp3) is 0.267. The van der Waals surface area contributed by atoms with Gasteiger partial charge in [-0.25, -0.2) is 13.8 Å². The van der Waals surface area contributed by atoms with Crippen molar-refractivity contribution in [3.63, 3.8) is 0 Å². The quantitative estimate of drug-likeness (QED) is 0.133. The zero-order valence-corrected chi connectivity index (χ0v) is 24.2. The number of aliphatic hydroxyl groups is 1. The minimum absolute atomic E-state index is 0.00246. The number of rotatable bonds is 13. The molecular weight excluding hydrogens is 578 g/mol. The third kappa shape index (κ3) is 8.34. The summed E-state index contributed by atoms with van der Waals surface area (Å²) in [6, 6.07) is 9.93. The van der Waals surface area contributed by atoms with Crippen LogP contribution in [0.25, 0.3) is 11.0 Å². The van der Waals surface area contributed by atoms with Gasteiger partial charge in [0.05, 0.1) is 23.6 Å². The van der Waals surface area contributed by atoms with Crippen LogP contribution in [0.4, 0.5) is 14.5 Å². The van der Waals surface area contributed by atoms with Crippen LogP contribution in [0.2, 0.25) is 0 Å². The number of fused-ring (bicyclic) bond motifs is 1. The highest BCUT2D eigenvalue weighted by Gasteiger charge is 2.22. The van der Waals surface area contributed by atoms with E-state index < -0.39 is 35.6 Å². The van der Waals surface area contributed by atoms with E-state index in [-0.39, 0.29) is 30.3 Å². The van der Waals surface area contributed by atoms with Crippen LogP contribution in [0, 0.1) is 11.6 Å². The molecule has 2 aromatic heterocycles. The van der Waals surface area contributed by atoms with Crippen LogP contribution in [-0.4, -0.2) is 70.0 Å². The summed E-state index contributed by atoms with van der Waals surface area (Å²) in [7, 11) is 4.49. The summed E-state index contributed by atoms with van der Waals surface area (Å²) in [4.78, 5) is 47.0. The number of imidazole rings is 1. The van der Waals surface area contributed by atoms with Crippen molar-refractivity contribution in [3.05, 3.63) is 94.7 Å². The van der Waals surface area contributed by atoms with Gasteiger partial charge in [-0.3, -0.25) is 19.7 Å². The normalized spacial score (nSPS) is 12.8. The second-order valence-corrected chi connectivity index (χ2v) is 9.90. The van der Waals surface area contributed by atoms with E-state index in [9.17, 15) is 28.3 Å². The number of allylic oxidation sites excluding steroid dienone is 1. The lowest BCUT2D eigenvalue weighted by Gasteiger charge is -2.20. The predicted octanol–water partition coefficient (Wildman–Crippen LogP) is 3.09. The van der Waals surface area contributed by atoms with Gasteiger partial charge in [0.25, 0.3) is 5.56 Å². The smallest absolute Gasteiger partial charge is 0.274 e. The highest BCUT2D eigenvalue weighted by molar-refractivity contribution is 5.94. The molecule has 0 saturated heterocycles. The van der Waals surface area contributed by atoms with Crippen LogP contribution in [-0.2, 0) is 20.9 Å². The van der Waals surface area contributed by atoms with Crippen LogP contribution < -0.4 is 20.9 Å². The highest BCUT2D eigenvalue weighted by Crippen LogP contribution is 2.27. The SMILES string of the molecule is COC(O)N[C@@H](CC/C=C/C(=O)N(C)C)C(=O)Nc1cccn(Cc2nc3ccc(Oc4ccc(F)cc4F)cc3[nH]2)c1=O.